The van der Waals surface area contributed by atoms with Crippen molar-refractivity contribution in [3.05, 3.63) is 75.9 Å². The summed E-state index contributed by atoms with van der Waals surface area (Å²) >= 11 is 0. The van der Waals surface area contributed by atoms with Crippen LogP contribution in [0.1, 0.15) is 15.9 Å². The van der Waals surface area contributed by atoms with Crippen LogP contribution >= 0.6 is 0 Å². The first-order valence-electron chi connectivity index (χ1n) is 7.10. The first kappa shape index (κ1) is 15.7. The highest BCUT2D eigenvalue weighted by Crippen LogP contribution is 2.21. The minimum absolute atomic E-state index is 0.162. The predicted octanol–water partition coefficient (Wildman–Crippen LogP) is 3.30. The Kier molecular flexibility index (Phi) is 4.29. The Hall–Kier alpha value is -3.15. The van der Waals surface area contributed by atoms with Crippen LogP contribution in [-0.2, 0) is 11.3 Å². The number of esters is 1. The van der Waals surface area contributed by atoms with Gasteiger partial charge in [0.2, 0.25) is 0 Å². The van der Waals surface area contributed by atoms with Gasteiger partial charge in [0.25, 0.3) is 0 Å². The molecule has 0 aliphatic heterocycles. The summed E-state index contributed by atoms with van der Waals surface area (Å²) in [6, 6.07) is 12.3. The Labute approximate surface area is 136 Å². The van der Waals surface area contributed by atoms with Gasteiger partial charge >= 0.3 is 11.6 Å². The summed E-state index contributed by atoms with van der Waals surface area (Å²) in [5.74, 6) is -0.573. The third-order valence-electron chi connectivity index (χ3n) is 3.43. The maximum atomic E-state index is 12.9. The maximum absolute atomic E-state index is 12.9. The molecule has 24 heavy (non-hydrogen) atoms. The molecule has 0 amide bonds. The number of carbonyl (C=O) groups is 1. The van der Waals surface area contributed by atoms with E-state index in [1.807, 2.05) is 0 Å². The molecule has 0 saturated heterocycles. The number of fused-ring (bicyclic) bond motifs is 1. The van der Waals surface area contributed by atoms with E-state index in [-0.39, 0.29) is 18.0 Å². The van der Waals surface area contributed by atoms with Crippen molar-refractivity contribution in [1.82, 2.24) is 0 Å². The molecule has 1 aromatic heterocycles. The second-order valence-electron chi connectivity index (χ2n) is 5.05. The molecular weight excluding hydrogens is 315 g/mol. The van der Waals surface area contributed by atoms with Crippen molar-refractivity contribution in [1.29, 1.82) is 0 Å². The summed E-state index contributed by atoms with van der Waals surface area (Å²) in [4.78, 5) is 23.3. The molecule has 3 aromatic rings. The fraction of sp³-hybridized carbons (Fsp3) is 0.111. The fourth-order valence-corrected chi connectivity index (χ4v) is 2.18. The summed E-state index contributed by atoms with van der Waals surface area (Å²) < 4.78 is 28.1. The largest absolute Gasteiger partial charge is 0.489 e. The lowest BCUT2D eigenvalue weighted by Gasteiger charge is -2.07. The Balaban J connectivity index is 1.84. The highest BCUT2D eigenvalue weighted by Gasteiger charge is 2.14. The standard InChI is InChI=1S/C18H13FO5/c1-22-17(20)15-8-12-4-7-14(9-16(12)24-18(15)21)23-10-11-2-5-13(19)6-3-11/h2-9H,10H2,1H3. The molecule has 0 bridgehead atoms. The van der Waals surface area contributed by atoms with Crippen LogP contribution in [0.15, 0.2) is 57.7 Å². The molecule has 6 heteroatoms. The normalized spacial score (nSPS) is 10.6. The highest BCUT2D eigenvalue weighted by atomic mass is 19.1. The van der Waals surface area contributed by atoms with Gasteiger partial charge in [0, 0.05) is 11.5 Å². The van der Waals surface area contributed by atoms with Gasteiger partial charge in [-0.1, -0.05) is 12.1 Å². The third kappa shape index (κ3) is 3.27. The van der Waals surface area contributed by atoms with Gasteiger partial charge in [0.05, 0.1) is 7.11 Å². The number of carbonyl (C=O) groups excluding carboxylic acids is 1. The fourth-order valence-electron chi connectivity index (χ4n) is 2.18. The molecule has 5 nitrogen and oxygen atoms in total. The number of halogens is 1. The van der Waals surface area contributed by atoms with Crippen molar-refractivity contribution >= 4 is 16.9 Å². The van der Waals surface area contributed by atoms with Crippen LogP contribution in [0.3, 0.4) is 0 Å². The zero-order chi connectivity index (χ0) is 17.1. The van der Waals surface area contributed by atoms with Gasteiger partial charge in [-0.25, -0.2) is 14.0 Å². The second kappa shape index (κ2) is 6.54. The van der Waals surface area contributed by atoms with Gasteiger partial charge in [0.1, 0.15) is 29.3 Å². The minimum atomic E-state index is -0.773. The van der Waals surface area contributed by atoms with E-state index in [0.29, 0.717) is 16.7 Å². The Morgan fingerprint density at radius 2 is 1.88 bits per heavy atom. The molecule has 0 fully saturated rings. The minimum Gasteiger partial charge on any atom is -0.489 e. The molecule has 0 spiro atoms. The van der Waals surface area contributed by atoms with E-state index in [0.717, 1.165) is 5.56 Å². The van der Waals surface area contributed by atoms with E-state index in [2.05, 4.69) is 4.74 Å². The topological polar surface area (TPSA) is 65.7 Å². The van der Waals surface area contributed by atoms with Crippen LogP contribution in [0.5, 0.6) is 5.75 Å². The van der Waals surface area contributed by atoms with Crippen molar-refractivity contribution in [3.63, 3.8) is 0 Å². The Bertz CT molecular complexity index is 944. The van der Waals surface area contributed by atoms with E-state index in [1.165, 1.54) is 25.3 Å². The molecule has 0 aliphatic carbocycles. The zero-order valence-corrected chi connectivity index (χ0v) is 12.7. The molecule has 3 rings (SSSR count). The van der Waals surface area contributed by atoms with Crippen LogP contribution < -0.4 is 10.4 Å². The van der Waals surface area contributed by atoms with Crippen molar-refractivity contribution in [3.8, 4) is 5.75 Å². The molecule has 0 atom stereocenters. The Morgan fingerprint density at radius 1 is 1.12 bits per heavy atom. The van der Waals surface area contributed by atoms with Crippen LogP contribution in [0.25, 0.3) is 11.0 Å². The quantitative estimate of drug-likeness (QED) is 0.543. The summed E-state index contributed by atoms with van der Waals surface area (Å²) in [7, 11) is 1.19. The van der Waals surface area contributed by atoms with Crippen molar-refractivity contribution in [2.75, 3.05) is 7.11 Å². The van der Waals surface area contributed by atoms with E-state index >= 15 is 0 Å². The zero-order valence-electron chi connectivity index (χ0n) is 12.7. The molecule has 1 heterocycles. The van der Waals surface area contributed by atoms with Crippen molar-refractivity contribution in [2.45, 2.75) is 6.61 Å². The average Bonchev–Trinajstić information content (AvgIpc) is 2.59. The SMILES string of the molecule is COC(=O)c1cc2ccc(OCc3ccc(F)cc3)cc2oc1=O. The van der Waals surface area contributed by atoms with Crippen molar-refractivity contribution < 1.29 is 23.1 Å². The monoisotopic (exact) mass is 328 g/mol. The van der Waals surface area contributed by atoms with E-state index in [1.54, 1.807) is 30.3 Å². The van der Waals surface area contributed by atoms with Crippen LogP contribution in [0.2, 0.25) is 0 Å². The molecule has 0 aliphatic rings. The molecule has 122 valence electrons. The first-order chi connectivity index (χ1) is 11.6. The predicted molar refractivity (Wildman–Crippen MR) is 84.6 cm³/mol. The molecule has 0 radical (unpaired) electrons. The Morgan fingerprint density at radius 3 is 2.58 bits per heavy atom. The van der Waals surface area contributed by atoms with Gasteiger partial charge < -0.3 is 13.9 Å². The number of ether oxygens (including phenoxy) is 2. The van der Waals surface area contributed by atoms with Crippen LogP contribution in [0.4, 0.5) is 4.39 Å². The van der Waals surface area contributed by atoms with Gasteiger partial charge in [-0.05, 0) is 35.9 Å². The first-order valence-corrected chi connectivity index (χ1v) is 7.10. The molecule has 0 saturated carbocycles. The lowest BCUT2D eigenvalue weighted by molar-refractivity contribution is 0.0596. The number of rotatable bonds is 4. The molecular formula is C18H13FO5. The highest BCUT2D eigenvalue weighted by molar-refractivity contribution is 5.92. The average molecular weight is 328 g/mol. The van der Waals surface area contributed by atoms with E-state index in [4.69, 9.17) is 9.15 Å². The molecule has 0 N–H and O–H groups in total. The summed E-state index contributed by atoms with van der Waals surface area (Å²) in [5, 5.41) is 0.573. The lowest BCUT2D eigenvalue weighted by Crippen LogP contribution is -2.14. The number of methoxy groups -OCH3 is 1. The lowest BCUT2D eigenvalue weighted by atomic mass is 10.2. The summed E-state index contributed by atoms with van der Waals surface area (Å²) in [6.07, 6.45) is 0. The third-order valence-corrected chi connectivity index (χ3v) is 3.43. The van der Waals surface area contributed by atoms with Gasteiger partial charge in [0.15, 0.2) is 0 Å². The van der Waals surface area contributed by atoms with Gasteiger partial charge in [-0.2, -0.15) is 0 Å². The second-order valence-corrected chi connectivity index (χ2v) is 5.05. The summed E-state index contributed by atoms with van der Waals surface area (Å²) in [5.41, 5.74) is 0.165. The molecule has 2 aromatic carbocycles. The van der Waals surface area contributed by atoms with E-state index < -0.39 is 11.6 Å². The van der Waals surface area contributed by atoms with Gasteiger partial charge in [-0.15, -0.1) is 0 Å². The van der Waals surface area contributed by atoms with Crippen molar-refractivity contribution in [2.24, 2.45) is 0 Å². The van der Waals surface area contributed by atoms with Crippen LogP contribution in [0, 0.1) is 5.82 Å². The number of benzene rings is 2. The maximum Gasteiger partial charge on any atom is 0.351 e. The number of hydrogen-bond donors (Lipinski definition) is 0. The number of hydrogen-bond acceptors (Lipinski definition) is 5. The smallest absolute Gasteiger partial charge is 0.351 e. The summed E-state index contributed by atoms with van der Waals surface area (Å²) in [6.45, 7) is 0.246. The van der Waals surface area contributed by atoms with E-state index in [9.17, 15) is 14.0 Å². The molecule has 0 unspecified atom stereocenters. The van der Waals surface area contributed by atoms with Crippen LogP contribution in [-0.4, -0.2) is 13.1 Å². The van der Waals surface area contributed by atoms with Gasteiger partial charge in [-0.3, -0.25) is 0 Å².